The van der Waals surface area contributed by atoms with Gasteiger partial charge in [0.15, 0.2) is 0 Å². The third-order valence-corrected chi connectivity index (χ3v) is 15.5. The van der Waals surface area contributed by atoms with E-state index >= 15 is 0 Å². The van der Waals surface area contributed by atoms with Gasteiger partial charge in [0.2, 0.25) is 70.9 Å². The number of aliphatic hydroxyl groups excluding tert-OH is 3. The number of nitrogens with one attached hydrogen (secondary N) is 9. The van der Waals surface area contributed by atoms with Crippen LogP contribution in [0.3, 0.4) is 0 Å². The van der Waals surface area contributed by atoms with Crippen LogP contribution in [0, 0.1) is 11.8 Å². The summed E-state index contributed by atoms with van der Waals surface area (Å²) in [6, 6.07) is -6.98. The van der Waals surface area contributed by atoms with Crippen molar-refractivity contribution in [3.63, 3.8) is 0 Å². The summed E-state index contributed by atoms with van der Waals surface area (Å²) in [6.45, 7) is 3.67. The summed E-state index contributed by atoms with van der Waals surface area (Å²) in [7, 11) is 0. The highest BCUT2D eigenvalue weighted by Crippen LogP contribution is 2.26. The van der Waals surface area contributed by atoms with Crippen molar-refractivity contribution in [2.24, 2.45) is 29.0 Å². The van der Waals surface area contributed by atoms with E-state index in [1.165, 1.54) is 21.6 Å². The normalized spacial score (nSPS) is 17.7. The largest absolute Gasteiger partial charge is 0.481 e. The molecular weight excluding hydrogens is 1180 g/mol. The highest BCUT2D eigenvalue weighted by Gasteiger charge is 2.44. The molecule has 0 aromatic heterocycles. The SMILES string of the molecule is CSCC[C@H](NC(=O)[C@H](CC(C)C)NC(=O)CNC(=O)[C@@H](NC(=O)[C@H](Cc1ccccc1)NC(=O)[C@H](CCC(=O)O)NC(=O)[C@H](CO)NC(=O)[C@H](CO)NC(=O)[C@H](CO)NC(=O)[C@@H]1CCCN1C(=O)[C@@H]1CCCN1C(=O)[C@@H](N)CCCCN)C(C)C)C(N)=O. The minimum atomic E-state index is -1.94. The molecule has 89 heavy (non-hydrogen) atoms. The standard InChI is InChI=1S/C57H92N14O17S/c1-31(2)25-37(49(80)63-35(47(60)78)20-24-89-5)62-44(75)27-61-55(86)46(32(3)4)69-50(81)38(26-33-13-7-6-8-14-33)65-48(79)36(18-19-45(76)77)64-51(82)39(28-72)66-52(83)40(29-73)67-53(84)41(30-74)68-54(85)42-16-11-22-70(42)57(88)43-17-12-23-71(43)56(87)34(59)15-9-10-21-58/h6-8,13-14,31-32,34-43,46,72-74H,9-12,15-30,58-59H2,1-5H3,(H2,60,78)(H,61,86)(H,62,75)(H,63,80)(H,64,82)(H,65,79)(H,66,83)(H,67,84)(H,68,85)(H,69,81)(H,76,77)/t34-,35-,36-,37-,38-,39-,40-,41-,42-,43-,46-/m0/s1. The van der Waals surface area contributed by atoms with Crippen LogP contribution in [0.2, 0.25) is 0 Å². The van der Waals surface area contributed by atoms with Gasteiger partial charge in [0.25, 0.3) is 0 Å². The summed E-state index contributed by atoms with van der Waals surface area (Å²) in [6.07, 6.45) is 3.75. The van der Waals surface area contributed by atoms with Gasteiger partial charge in [0.1, 0.15) is 60.4 Å². The Bertz CT molecular complexity index is 2590. The molecule has 2 aliphatic rings. The highest BCUT2D eigenvalue weighted by atomic mass is 32.2. The van der Waals surface area contributed by atoms with Crippen molar-refractivity contribution in [2.75, 3.05) is 58.0 Å². The van der Waals surface area contributed by atoms with E-state index in [1.807, 2.05) is 20.1 Å². The number of likely N-dealkylation sites (tertiary alicyclic amines) is 2. The second kappa shape index (κ2) is 38.8. The van der Waals surface area contributed by atoms with E-state index in [0.29, 0.717) is 56.4 Å². The Hall–Kier alpha value is -7.52. The lowest BCUT2D eigenvalue weighted by molar-refractivity contribution is -0.147. The van der Waals surface area contributed by atoms with Gasteiger partial charge < -0.3 is 95.3 Å². The lowest BCUT2D eigenvalue weighted by Gasteiger charge is -2.32. The van der Waals surface area contributed by atoms with Crippen LogP contribution < -0.4 is 65.1 Å². The van der Waals surface area contributed by atoms with Gasteiger partial charge >= 0.3 is 5.97 Å². The number of amides is 12. The van der Waals surface area contributed by atoms with E-state index in [2.05, 4.69) is 47.9 Å². The number of carbonyl (C=O) groups excluding carboxylic acids is 12. The van der Waals surface area contributed by atoms with Crippen molar-refractivity contribution in [1.82, 2.24) is 57.7 Å². The van der Waals surface area contributed by atoms with Gasteiger partial charge in [0, 0.05) is 25.9 Å². The lowest BCUT2D eigenvalue weighted by Crippen LogP contribution is -2.62. The van der Waals surface area contributed by atoms with Gasteiger partial charge in [0.05, 0.1) is 32.4 Å². The molecule has 12 amide bonds. The number of nitrogens with two attached hydrogens (primary N) is 3. The van der Waals surface area contributed by atoms with Crippen LogP contribution in [-0.2, 0) is 68.7 Å². The Kier molecular flexibility index (Phi) is 33.0. The molecule has 2 heterocycles. The number of carboxylic acid groups (broad SMARTS) is 1. The van der Waals surface area contributed by atoms with E-state index in [-0.39, 0.29) is 44.7 Å². The molecule has 1 aromatic rings. The van der Waals surface area contributed by atoms with Crippen molar-refractivity contribution in [3.8, 4) is 0 Å². The fourth-order valence-corrected chi connectivity index (χ4v) is 10.4. The van der Waals surface area contributed by atoms with E-state index in [1.54, 1.807) is 44.2 Å². The lowest BCUT2D eigenvalue weighted by atomic mass is 10.0. The van der Waals surface area contributed by atoms with Crippen LogP contribution in [0.15, 0.2) is 30.3 Å². The number of primary amides is 1. The van der Waals surface area contributed by atoms with E-state index in [4.69, 9.17) is 17.2 Å². The first-order valence-corrected chi connectivity index (χ1v) is 31.2. The second-order valence-electron chi connectivity index (χ2n) is 22.7. The van der Waals surface area contributed by atoms with Gasteiger partial charge in [-0.15, -0.1) is 0 Å². The number of carbonyl (C=O) groups is 13. The summed E-state index contributed by atoms with van der Waals surface area (Å²) < 4.78 is 0. The zero-order valence-corrected chi connectivity index (χ0v) is 52.0. The van der Waals surface area contributed by atoms with E-state index < -0.39 is 188 Å². The smallest absolute Gasteiger partial charge is 0.303 e. The maximum atomic E-state index is 14.2. The Morgan fingerprint density at radius 2 is 1.12 bits per heavy atom. The van der Waals surface area contributed by atoms with Crippen molar-refractivity contribution in [1.29, 1.82) is 0 Å². The molecule has 3 rings (SSSR count). The molecule has 0 unspecified atom stereocenters. The topological polar surface area (TPSA) is 496 Å². The monoisotopic (exact) mass is 1280 g/mol. The average Bonchev–Trinajstić information content (AvgIpc) is 2.35. The van der Waals surface area contributed by atoms with Gasteiger partial charge in [-0.25, -0.2) is 0 Å². The number of thioether (sulfide) groups is 1. The predicted octanol–water partition coefficient (Wildman–Crippen LogP) is -5.56. The number of unbranched alkanes of at least 4 members (excludes halogenated alkanes) is 1. The number of benzene rings is 1. The molecule has 32 heteroatoms. The summed E-state index contributed by atoms with van der Waals surface area (Å²) >= 11 is 1.44. The number of carboxylic acids is 1. The fraction of sp³-hybridized carbons (Fsp3) is 0.667. The van der Waals surface area contributed by atoms with Crippen LogP contribution in [0.25, 0.3) is 0 Å². The number of aliphatic carboxylic acids is 1. The van der Waals surface area contributed by atoms with Crippen LogP contribution >= 0.6 is 11.8 Å². The van der Waals surface area contributed by atoms with E-state index in [0.717, 1.165) is 0 Å². The highest BCUT2D eigenvalue weighted by molar-refractivity contribution is 7.98. The summed E-state index contributed by atoms with van der Waals surface area (Å²) in [5.74, 6) is -12.2. The van der Waals surface area contributed by atoms with Crippen molar-refractivity contribution < 1.29 is 82.8 Å². The molecule has 2 aliphatic heterocycles. The van der Waals surface area contributed by atoms with Crippen molar-refractivity contribution in [3.05, 3.63) is 35.9 Å². The molecule has 19 N–H and O–H groups in total. The number of hydrogen-bond acceptors (Lipinski definition) is 19. The van der Waals surface area contributed by atoms with Crippen molar-refractivity contribution in [2.45, 2.75) is 171 Å². The number of rotatable bonds is 39. The first-order chi connectivity index (χ1) is 42.2. The predicted molar refractivity (Wildman–Crippen MR) is 324 cm³/mol. The van der Waals surface area contributed by atoms with Crippen LogP contribution in [0.1, 0.15) is 104 Å². The average molecular weight is 1280 g/mol. The Balaban J connectivity index is 1.72. The summed E-state index contributed by atoms with van der Waals surface area (Å²) in [5.41, 5.74) is 17.7. The van der Waals surface area contributed by atoms with Crippen LogP contribution in [0.5, 0.6) is 0 Å². The van der Waals surface area contributed by atoms with Gasteiger partial charge in [-0.05, 0) is 93.7 Å². The second-order valence-corrected chi connectivity index (χ2v) is 23.7. The minimum Gasteiger partial charge on any atom is -0.481 e. The van der Waals surface area contributed by atoms with Crippen LogP contribution in [0.4, 0.5) is 0 Å². The Morgan fingerprint density at radius 3 is 1.66 bits per heavy atom. The maximum absolute atomic E-state index is 14.2. The molecule has 0 bridgehead atoms. The molecule has 0 aliphatic carbocycles. The first kappa shape index (κ1) is 75.7. The zero-order valence-electron chi connectivity index (χ0n) is 51.2. The molecule has 0 spiro atoms. The first-order valence-electron chi connectivity index (χ1n) is 29.8. The third kappa shape index (κ3) is 24.8. The van der Waals surface area contributed by atoms with E-state index in [9.17, 15) is 82.8 Å². The summed E-state index contributed by atoms with van der Waals surface area (Å²) in [4.78, 5) is 177. The number of aliphatic hydroxyl groups is 3. The molecular formula is C57H92N14O17S. The third-order valence-electron chi connectivity index (χ3n) is 14.9. The molecule has 1 aromatic carbocycles. The maximum Gasteiger partial charge on any atom is 0.303 e. The van der Waals surface area contributed by atoms with Gasteiger partial charge in [-0.1, -0.05) is 64.4 Å². The quantitative estimate of drug-likeness (QED) is 0.0273. The fourth-order valence-electron chi connectivity index (χ4n) is 9.97. The summed E-state index contributed by atoms with van der Waals surface area (Å²) in [5, 5.41) is 61.9. The van der Waals surface area contributed by atoms with Crippen LogP contribution in [-0.4, -0.2) is 232 Å². The number of nitrogens with zero attached hydrogens (tertiary/aromatic N) is 2. The Morgan fingerprint density at radius 1 is 0.607 bits per heavy atom. The molecule has 498 valence electrons. The minimum absolute atomic E-state index is 0.0957. The zero-order chi connectivity index (χ0) is 66.5. The van der Waals surface area contributed by atoms with Gasteiger partial charge in [-0.3, -0.25) is 62.3 Å². The molecule has 0 radical (unpaired) electrons. The van der Waals surface area contributed by atoms with Crippen molar-refractivity contribution >= 4 is 88.6 Å². The molecule has 0 saturated carbocycles. The number of hydrogen-bond donors (Lipinski definition) is 16. The molecule has 11 atom stereocenters. The molecule has 31 nitrogen and oxygen atoms in total. The Labute approximate surface area is 521 Å². The van der Waals surface area contributed by atoms with Gasteiger partial charge in [-0.2, -0.15) is 11.8 Å². The molecule has 2 saturated heterocycles. The molecule has 2 fully saturated rings.